The zero-order valence-electron chi connectivity index (χ0n) is 20.9. The number of benzene rings is 1. The number of pyridine rings is 1. The van der Waals surface area contributed by atoms with Crippen LogP contribution >= 0.6 is 0 Å². The molecule has 1 aromatic carbocycles. The molecule has 0 unspecified atom stereocenters. The molecule has 1 fully saturated rings. The minimum atomic E-state index is -4.79. The van der Waals surface area contributed by atoms with E-state index in [2.05, 4.69) is 15.0 Å². The Labute approximate surface area is 225 Å². The summed E-state index contributed by atoms with van der Waals surface area (Å²) >= 11 is 0. The molecule has 1 aliphatic heterocycles. The van der Waals surface area contributed by atoms with Gasteiger partial charge in [0.2, 0.25) is 16.0 Å². The largest absolute Gasteiger partial charge is 0.404 e. The zero-order chi connectivity index (χ0) is 28.9. The molecule has 0 amide bonds. The Balaban J connectivity index is 1.70. The van der Waals surface area contributed by atoms with Gasteiger partial charge in [0.15, 0.2) is 5.79 Å². The number of sulfonamides is 1. The van der Waals surface area contributed by atoms with Gasteiger partial charge in [0, 0.05) is 29.5 Å². The first-order valence-corrected chi connectivity index (χ1v) is 13.2. The first-order chi connectivity index (χ1) is 18.9. The minimum absolute atomic E-state index is 0.0155. The molecule has 208 valence electrons. The number of halogens is 4. The van der Waals surface area contributed by atoms with Crippen molar-refractivity contribution in [2.75, 3.05) is 13.2 Å². The highest BCUT2D eigenvalue weighted by molar-refractivity contribution is 7.89. The van der Waals surface area contributed by atoms with Crippen molar-refractivity contribution >= 4 is 20.9 Å². The number of nitrogens with one attached hydrogen (secondary N) is 1. The molecule has 1 aliphatic rings. The summed E-state index contributed by atoms with van der Waals surface area (Å²) in [4.78, 5) is 12.1. The lowest BCUT2D eigenvalue weighted by Gasteiger charge is -2.23. The fourth-order valence-corrected chi connectivity index (χ4v) is 5.52. The molecule has 0 radical (unpaired) electrons. The van der Waals surface area contributed by atoms with E-state index in [0.717, 1.165) is 18.3 Å². The topological polar surface area (TPSA) is 132 Å². The smallest absolute Gasteiger partial charge is 0.344 e. The van der Waals surface area contributed by atoms with Crippen molar-refractivity contribution in [3.8, 4) is 23.4 Å². The maximum absolute atomic E-state index is 15.4. The number of aromatic nitrogens is 4. The van der Waals surface area contributed by atoms with Crippen molar-refractivity contribution in [3.05, 3.63) is 65.9 Å². The number of ether oxygens (including phenoxy) is 2. The van der Waals surface area contributed by atoms with Gasteiger partial charge in [-0.3, -0.25) is 9.55 Å². The summed E-state index contributed by atoms with van der Waals surface area (Å²) in [6, 6.07) is 6.16. The third-order valence-corrected chi connectivity index (χ3v) is 7.89. The second-order valence-electron chi connectivity index (χ2n) is 8.98. The molecule has 1 atom stereocenters. The van der Waals surface area contributed by atoms with Crippen LogP contribution in [0.2, 0.25) is 0 Å². The van der Waals surface area contributed by atoms with Crippen LogP contribution in [0.15, 0.2) is 53.8 Å². The second kappa shape index (κ2) is 9.89. The van der Waals surface area contributed by atoms with Crippen molar-refractivity contribution in [2.24, 2.45) is 0 Å². The Kier molecular flexibility index (Phi) is 6.83. The fourth-order valence-electron chi connectivity index (χ4n) is 4.34. The molecule has 4 heterocycles. The lowest BCUT2D eigenvalue weighted by Crippen LogP contribution is -2.42. The molecule has 0 spiro atoms. The molecule has 1 N–H and O–H groups in total. The maximum atomic E-state index is 15.4. The van der Waals surface area contributed by atoms with E-state index >= 15 is 4.39 Å². The molecule has 0 saturated carbocycles. The van der Waals surface area contributed by atoms with Gasteiger partial charge in [-0.2, -0.15) is 23.2 Å². The van der Waals surface area contributed by atoms with E-state index in [1.54, 1.807) is 17.7 Å². The van der Waals surface area contributed by atoms with Gasteiger partial charge in [-0.05, 0) is 44.2 Å². The predicted octanol–water partition coefficient (Wildman–Crippen LogP) is 3.94. The van der Waals surface area contributed by atoms with E-state index in [9.17, 15) is 26.9 Å². The molecular formula is C25H20F4N6O4S. The average Bonchev–Trinajstić information content (AvgIpc) is 3.49. The van der Waals surface area contributed by atoms with Crippen LogP contribution in [0.5, 0.6) is 0 Å². The second-order valence-corrected chi connectivity index (χ2v) is 10.7. The summed E-state index contributed by atoms with van der Waals surface area (Å²) in [5.74, 6) is -1.98. The van der Waals surface area contributed by atoms with E-state index in [1.807, 2.05) is 6.07 Å². The summed E-state index contributed by atoms with van der Waals surface area (Å²) in [5.41, 5.74) is 0.540. The Morgan fingerprint density at radius 2 is 1.82 bits per heavy atom. The zero-order valence-corrected chi connectivity index (χ0v) is 21.7. The maximum Gasteiger partial charge on any atom is 0.404 e. The Bertz CT molecular complexity index is 1730. The number of nitriles is 1. The Morgan fingerprint density at radius 1 is 1.15 bits per heavy atom. The number of hydrogen-bond acceptors (Lipinski definition) is 8. The van der Waals surface area contributed by atoms with Crippen molar-refractivity contribution < 1.29 is 35.5 Å². The third kappa shape index (κ3) is 4.79. The summed E-state index contributed by atoms with van der Waals surface area (Å²) in [6.07, 6.45) is -1.02. The van der Waals surface area contributed by atoms with Crippen molar-refractivity contribution in [2.45, 2.75) is 36.7 Å². The van der Waals surface area contributed by atoms with Gasteiger partial charge >= 0.3 is 6.18 Å². The van der Waals surface area contributed by atoms with Crippen LogP contribution < -0.4 is 4.72 Å². The number of rotatable bonds is 6. The Hall–Kier alpha value is -3.97. The van der Waals surface area contributed by atoms with Gasteiger partial charge in [-0.15, -0.1) is 0 Å². The highest BCUT2D eigenvalue weighted by atomic mass is 32.2. The minimum Gasteiger partial charge on any atom is -0.344 e. The molecule has 15 heteroatoms. The SMILES string of the molecule is C[C@H](NS(=O)(=O)c1ccc(-c2c(C#N)c3cc(F)c(C4(C)OCCO4)cc3n2-c2ncccn2)nc1)C(F)(F)F. The number of fused-ring (bicyclic) bond motifs is 1. The van der Waals surface area contributed by atoms with Crippen LogP contribution in [-0.4, -0.2) is 53.4 Å². The number of alkyl halides is 3. The molecule has 0 bridgehead atoms. The Morgan fingerprint density at radius 3 is 2.40 bits per heavy atom. The van der Waals surface area contributed by atoms with E-state index in [0.29, 0.717) is 12.4 Å². The van der Waals surface area contributed by atoms with E-state index in [4.69, 9.17) is 9.47 Å². The molecule has 5 rings (SSSR count). The van der Waals surface area contributed by atoms with E-state index < -0.39 is 38.7 Å². The summed E-state index contributed by atoms with van der Waals surface area (Å²) in [6.45, 7) is 2.74. The van der Waals surface area contributed by atoms with Gasteiger partial charge in [-0.1, -0.05) is 0 Å². The first-order valence-electron chi connectivity index (χ1n) is 11.7. The lowest BCUT2D eigenvalue weighted by molar-refractivity contribution is -0.151. The quantitative estimate of drug-likeness (QED) is 0.342. The van der Waals surface area contributed by atoms with Crippen molar-refractivity contribution in [1.82, 2.24) is 24.2 Å². The predicted molar refractivity (Wildman–Crippen MR) is 132 cm³/mol. The molecule has 0 aliphatic carbocycles. The van der Waals surface area contributed by atoms with Gasteiger partial charge < -0.3 is 9.47 Å². The lowest BCUT2D eigenvalue weighted by atomic mass is 10.0. The van der Waals surface area contributed by atoms with E-state index in [1.165, 1.54) is 29.1 Å². The van der Waals surface area contributed by atoms with Crippen LogP contribution in [0.25, 0.3) is 28.2 Å². The first kappa shape index (κ1) is 27.6. The third-order valence-electron chi connectivity index (χ3n) is 6.36. The summed E-state index contributed by atoms with van der Waals surface area (Å²) in [7, 11) is -4.58. The molecule has 1 saturated heterocycles. The average molecular weight is 577 g/mol. The van der Waals surface area contributed by atoms with Crippen LogP contribution in [-0.2, 0) is 25.3 Å². The van der Waals surface area contributed by atoms with Gasteiger partial charge in [0.25, 0.3) is 0 Å². The van der Waals surface area contributed by atoms with Gasteiger partial charge in [0.1, 0.15) is 22.8 Å². The normalized spacial score (nSPS) is 16.2. The van der Waals surface area contributed by atoms with Crippen molar-refractivity contribution in [3.63, 3.8) is 0 Å². The number of hydrogen-bond donors (Lipinski definition) is 1. The fraction of sp³-hybridized carbons (Fsp3) is 0.280. The highest BCUT2D eigenvalue weighted by Crippen LogP contribution is 2.40. The summed E-state index contributed by atoms with van der Waals surface area (Å²) in [5, 5.41) is 10.3. The van der Waals surface area contributed by atoms with Gasteiger partial charge in [-0.25, -0.2) is 22.8 Å². The summed E-state index contributed by atoms with van der Waals surface area (Å²) < 4.78 is 93.5. The van der Waals surface area contributed by atoms with E-state index in [-0.39, 0.29) is 47.1 Å². The van der Waals surface area contributed by atoms with Crippen LogP contribution in [0.1, 0.15) is 25.0 Å². The molecular weight excluding hydrogens is 556 g/mol. The standard InChI is InChI=1S/C25H20F4N6O4S/c1-14(25(27,28)29)34-40(36,37)15-4-5-20(33-13-15)22-17(12-30)16-10-19(26)18(24(2)38-8-9-39-24)11-21(16)35(22)23-31-6-3-7-32-23/h3-7,10-11,13-14,34H,8-9H2,1-2H3/t14-/m0/s1. The van der Waals surface area contributed by atoms with Crippen LogP contribution in [0.4, 0.5) is 17.6 Å². The monoisotopic (exact) mass is 576 g/mol. The van der Waals surface area contributed by atoms with Crippen LogP contribution in [0, 0.1) is 17.1 Å². The molecule has 40 heavy (non-hydrogen) atoms. The highest BCUT2D eigenvalue weighted by Gasteiger charge is 2.39. The van der Waals surface area contributed by atoms with Crippen LogP contribution in [0.3, 0.4) is 0 Å². The van der Waals surface area contributed by atoms with Crippen molar-refractivity contribution in [1.29, 1.82) is 5.26 Å². The van der Waals surface area contributed by atoms with Gasteiger partial charge in [0.05, 0.1) is 35.7 Å². The number of nitrogens with zero attached hydrogens (tertiary/aromatic N) is 5. The molecule has 4 aromatic rings. The molecule has 3 aromatic heterocycles. The molecule has 10 nitrogen and oxygen atoms in total.